The topological polar surface area (TPSA) is 111 Å². The fourth-order valence-corrected chi connectivity index (χ4v) is 2.68. The van der Waals surface area contributed by atoms with Gasteiger partial charge < -0.3 is 5.73 Å². The molecule has 1 aromatic carbocycles. The molecule has 2 aromatic rings. The molecule has 0 aliphatic rings. The largest absolute Gasteiger partial charge is 0.453 e. The number of aryl methyl sites for hydroxylation is 2. The summed E-state index contributed by atoms with van der Waals surface area (Å²) in [5.41, 5.74) is 6.03. The number of nitrogens with two attached hydrogens (primary N) is 1. The number of hydrogen-bond donors (Lipinski definition) is 2. The molecule has 0 saturated heterocycles. The Kier molecular flexibility index (Phi) is 3.65. The van der Waals surface area contributed by atoms with Crippen LogP contribution in [0.4, 0.5) is 19.1 Å². The Labute approximate surface area is 123 Å². The van der Waals surface area contributed by atoms with Crippen LogP contribution in [0.15, 0.2) is 17.0 Å². The van der Waals surface area contributed by atoms with E-state index in [1.54, 1.807) is 0 Å². The number of rotatable bonds is 2. The van der Waals surface area contributed by atoms with Crippen LogP contribution < -0.4 is 5.73 Å². The summed E-state index contributed by atoms with van der Waals surface area (Å²) in [5.74, 6) is -2.00. The van der Waals surface area contributed by atoms with Crippen molar-refractivity contribution in [3.05, 3.63) is 29.1 Å². The maximum Gasteiger partial charge on any atom is 0.453 e. The SMILES string of the molecule is Cc1cc(C)c(S(=O)(=O)O)cc1-n1nc(C(F)(F)F)nc1N. The maximum absolute atomic E-state index is 12.6. The lowest BCUT2D eigenvalue weighted by Crippen LogP contribution is -2.10. The van der Waals surface area contributed by atoms with Gasteiger partial charge in [0.1, 0.15) is 0 Å². The monoisotopic (exact) mass is 336 g/mol. The summed E-state index contributed by atoms with van der Waals surface area (Å²) in [6.45, 7) is 2.97. The molecule has 3 N–H and O–H groups in total. The molecule has 11 heteroatoms. The molecule has 0 amide bonds. The minimum absolute atomic E-state index is 0.0290. The van der Waals surface area contributed by atoms with E-state index in [0.717, 1.165) is 6.07 Å². The van der Waals surface area contributed by atoms with E-state index in [0.29, 0.717) is 10.2 Å². The van der Waals surface area contributed by atoms with E-state index in [2.05, 4.69) is 10.1 Å². The van der Waals surface area contributed by atoms with Crippen LogP contribution in [0.2, 0.25) is 0 Å². The molecular weight excluding hydrogens is 325 g/mol. The van der Waals surface area contributed by atoms with Gasteiger partial charge in [0.05, 0.1) is 10.6 Å². The molecule has 0 saturated carbocycles. The van der Waals surface area contributed by atoms with E-state index in [9.17, 15) is 21.6 Å². The van der Waals surface area contributed by atoms with Gasteiger partial charge in [-0.3, -0.25) is 4.55 Å². The molecule has 22 heavy (non-hydrogen) atoms. The minimum Gasteiger partial charge on any atom is -0.368 e. The molecule has 0 aliphatic carbocycles. The normalized spacial score (nSPS) is 12.6. The van der Waals surface area contributed by atoms with Crippen LogP contribution in [0.25, 0.3) is 5.69 Å². The van der Waals surface area contributed by atoms with E-state index in [-0.39, 0.29) is 11.3 Å². The Morgan fingerprint density at radius 2 is 1.82 bits per heavy atom. The quantitative estimate of drug-likeness (QED) is 0.808. The number of nitrogen functional groups attached to an aromatic ring is 1. The predicted octanol–water partition coefficient (Wildman–Crippen LogP) is 1.73. The van der Waals surface area contributed by atoms with Gasteiger partial charge in [-0.15, -0.1) is 5.10 Å². The Morgan fingerprint density at radius 3 is 2.27 bits per heavy atom. The molecule has 1 heterocycles. The molecule has 7 nitrogen and oxygen atoms in total. The molecule has 0 unspecified atom stereocenters. The van der Waals surface area contributed by atoms with Crippen LogP contribution in [0, 0.1) is 13.8 Å². The summed E-state index contributed by atoms with van der Waals surface area (Å²) in [5, 5.41) is 3.24. The fourth-order valence-electron chi connectivity index (χ4n) is 1.95. The molecule has 1 aromatic heterocycles. The number of aromatic nitrogens is 3. The number of anilines is 1. The van der Waals surface area contributed by atoms with Crippen molar-refractivity contribution in [3.8, 4) is 5.69 Å². The predicted molar refractivity (Wildman–Crippen MR) is 70.1 cm³/mol. The third kappa shape index (κ3) is 2.90. The summed E-state index contributed by atoms with van der Waals surface area (Å²) < 4.78 is 70.2. The van der Waals surface area contributed by atoms with Crippen molar-refractivity contribution in [2.24, 2.45) is 0 Å². The lowest BCUT2D eigenvalue weighted by molar-refractivity contribution is -0.144. The van der Waals surface area contributed by atoms with Gasteiger partial charge in [0, 0.05) is 0 Å². The lowest BCUT2D eigenvalue weighted by atomic mass is 10.1. The summed E-state index contributed by atoms with van der Waals surface area (Å²) in [6.07, 6.45) is -4.79. The first-order valence-corrected chi connectivity index (χ1v) is 7.24. The Hall–Kier alpha value is -2.14. The van der Waals surface area contributed by atoms with Gasteiger partial charge in [0.15, 0.2) is 0 Å². The highest BCUT2D eigenvalue weighted by Gasteiger charge is 2.37. The highest BCUT2D eigenvalue weighted by atomic mass is 32.2. The first-order valence-electron chi connectivity index (χ1n) is 5.80. The van der Waals surface area contributed by atoms with Crippen LogP contribution in [0.5, 0.6) is 0 Å². The summed E-state index contributed by atoms with van der Waals surface area (Å²) in [6, 6.07) is 2.37. The first-order chi connectivity index (χ1) is 9.91. The highest BCUT2D eigenvalue weighted by molar-refractivity contribution is 7.85. The Bertz CT molecular complexity index is 843. The van der Waals surface area contributed by atoms with Crippen molar-refractivity contribution < 1.29 is 26.1 Å². The van der Waals surface area contributed by atoms with Crippen molar-refractivity contribution >= 4 is 16.1 Å². The average molecular weight is 336 g/mol. The zero-order chi connectivity index (χ0) is 16.9. The lowest BCUT2D eigenvalue weighted by Gasteiger charge is -2.11. The third-order valence-electron chi connectivity index (χ3n) is 2.89. The second-order valence-electron chi connectivity index (χ2n) is 4.58. The van der Waals surface area contributed by atoms with Crippen LogP contribution >= 0.6 is 0 Å². The van der Waals surface area contributed by atoms with E-state index in [1.165, 1.54) is 19.9 Å². The summed E-state index contributed by atoms with van der Waals surface area (Å²) >= 11 is 0. The number of benzene rings is 1. The van der Waals surface area contributed by atoms with Crippen LogP contribution in [-0.4, -0.2) is 27.7 Å². The molecule has 0 fully saturated rings. The van der Waals surface area contributed by atoms with Crippen LogP contribution in [0.1, 0.15) is 17.0 Å². The number of hydrogen-bond acceptors (Lipinski definition) is 5. The van der Waals surface area contributed by atoms with Gasteiger partial charge >= 0.3 is 6.18 Å². The van der Waals surface area contributed by atoms with E-state index >= 15 is 0 Å². The van der Waals surface area contributed by atoms with Gasteiger partial charge in [-0.1, -0.05) is 6.07 Å². The third-order valence-corrected chi connectivity index (χ3v) is 3.88. The number of nitrogens with zero attached hydrogens (tertiary/aromatic N) is 3. The molecular formula is C11H11F3N4O3S. The average Bonchev–Trinajstić information content (AvgIpc) is 2.69. The maximum atomic E-state index is 12.6. The zero-order valence-electron chi connectivity index (χ0n) is 11.4. The van der Waals surface area contributed by atoms with E-state index in [4.69, 9.17) is 10.3 Å². The van der Waals surface area contributed by atoms with Crippen molar-refractivity contribution in [3.63, 3.8) is 0 Å². The fraction of sp³-hybridized carbons (Fsp3) is 0.273. The van der Waals surface area contributed by atoms with Crippen molar-refractivity contribution in [1.29, 1.82) is 0 Å². The number of halogens is 3. The van der Waals surface area contributed by atoms with E-state index < -0.39 is 33.0 Å². The molecule has 120 valence electrons. The second-order valence-corrected chi connectivity index (χ2v) is 5.97. The summed E-state index contributed by atoms with van der Waals surface area (Å²) in [4.78, 5) is 2.66. The van der Waals surface area contributed by atoms with E-state index in [1.807, 2.05) is 0 Å². The van der Waals surface area contributed by atoms with Gasteiger partial charge in [-0.25, -0.2) is 0 Å². The number of alkyl halides is 3. The first kappa shape index (κ1) is 16.2. The molecule has 0 spiro atoms. The zero-order valence-corrected chi connectivity index (χ0v) is 12.2. The van der Waals surface area contributed by atoms with Gasteiger partial charge in [0.25, 0.3) is 15.9 Å². The van der Waals surface area contributed by atoms with Crippen molar-refractivity contribution in [1.82, 2.24) is 14.8 Å². The Balaban J connectivity index is 2.71. The standard InChI is InChI=1S/C11H11F3N4O3S/c1-5-3-6(2)8(22(19,20)21)4-7(5)18-10(15)16-9(17-18)11(12,13)14/h3-4H,1-2H3,(H2,15,16,17)(H,19,20,21). The minimum atomic E-state index is -4.79. The van der Waals surface area contributed by atoms with Crippen LogP contribution in [0.3, 0.4) is 0 Å². The van der Waals surface area contributed by atoms with Gasteiger partial charge in [-0.05, 0) is 31.0 Å². The molecule has 2 rings (SSSR count). The second kappa shape index (κ2) is 4.95. The smallest absolute Gasteiger partial charge is 0.368 e. The van der Waals surface area contributed by atoms with Crippen molar-refractivity contribution in [2.45, 2.75) is 24.9 Å². The molecule has 0 aliphatic heterocycles. The molecule has 0 bridgehead atoms. The van der Waals surface area contributed by atoms with Crippen molar-refractivity contribution in [2.75, 3.05) is 5.73 Å². The Morgan fingerprint density at radius 1 is 1.23 bits per heavy atom. The summed E-state index contributed by atoms with van der Waals surface area (Å²) in [7, 11) is -4.54. The molecule has 0 atom stereocenters. The molecule has 0 radical (unpaired) electrons. The van der Waals surface area contributed by atoms with Gasteiger partial charge in [0.2, 0.25) is 5.95 Å². The van der Waals surface area contributed by atoms with Crippen LogP contribution in [-0.2, 0) is 16.3 Å². The van der Waals surface area contributed by atoms with Gasteiger partial charge in [-0.2, -0.15) is 31.3 Å². The highest BCUT2D eigenvalue weighted by Crippen LogP contribution is 2.29.